The van der Waals surface area contributed by atoms with Crippen LogP contribution in [0, 0.1) is 0 Å². The molecule has 0 saturated carbocycles. The fourth-order valence-electron chi connectivity index (χ4n) is 1.08. The van der Waals surface area contributed by atoms with Gasteiger partial charge >= 0.3 is 0 Å². The maximum absolute atomic E-state index is 10.8. The molecule has 1 rings (SSSR count). The Hall–Kier alpha value is 0.160. The van der Waals surface area contributed by atoms with Crippen molar-refractivity contribution in [3.05, 3.63) is 0 Å². The zero-order valence-corrected chi connectivity index (χ0v) is 8.00. The van der Waals surface area contributed by atoms with Crippen LogP contribution < -0.4 is 0 Å². The molecule has 0 aliphatic carbocycles. The molecule has 0 aromatic heterocycles. The van der Waals surface area contributed by atoms with Gasteiger partial charge in [-0.05, 0) is 6.42 Å². The van der Waals surface area contributed by atoms with Crippen molar-refractivity contribution in [2.75, 3.05) is 20.2 Å². The second-order valence-corrected chi connectivity index (χ2v) is 3.27. The van der Waals surface area contributed by atoms with Crippen molar-refractivity contribution in [2.45, 2.75) is 12.5 Å². The first-order valence-corrected chi connectivity index (χ1v) is 4.29. The summed E-state index contributed by atoms with van der Waals surface area (Å²) < 4.78 is 5.22. The third-order valence-electron chi connectivity index (χ3n) is 1.73. The van der Waals surface area contributed by atoms with Gasteiger partial charge in [0, 0.05) is 42.8 Å². The highest BCUT2D eigenvalue weighted by molar-refractivity contribution is 14.1. The van der Waals surface area contributed by atoms with E-state index in [0.29, 0.717) is 0 Å². The van der Waals surface area contributed by atoms with Crippen molar-refractivity contribution in [3.8, 4) is 0 Å². The SMILES string of the molecule is CO[C@H]1CCN(C(=O)I)C1. The smallest absolute Gasteiger partial charge is 0.283 e. The van der Waals surface area contributed by atoms with Crippen LogP contribution in [-0.2, 0) is 4.74 Å². The molecule has 0 spiro atoms. The van der Waals surface area contributed by atoms with Gasteiger partial charge < -0.3 is 9.64 Å². The summed E-state index contributed by atoms with van der Waals surface area (Å²) in [6, 6.07) is 0. The Morgan fingerprint density at radius 1 is 1.80 bits per heavy atom. The lowest BCUT2D eigenvalue weighted by Gasteiger charge is -2.11. The molecular formula is C6H10INO2. The van der Waals surface area contributed by atoms with E-state index in [1.807, 2.05) is 0 Å². The van der Waals surface area contributed by atoms with E-state index in [1.165, 1.54) is 0 Å². The molecule has 0 bridgehead atoms. The van der Waals surface area contributed by atoms with E-state index >= 15 is 0 Å². The summed E-state index contributed by atoms with van der Waals surface area (Å²) in [5.41, 5.74) is 0. The van der Waals surface area contributed by atoms with Crippen molar-refractivity contribution in [1.29, 1.82) is 0 Å². The normalized spacial score (nSPS) is 25.4. The van der Waals surface area contributed by atoms with Crippen LogP contribution in [0.25, 0.3) is 0 Å². The predicted octanol–water partition coefficient (Wildman–Crippen LogP) is 1.26. The maximum atomic E-state index is 10.8. The van der Waals surface area contributed by atoms with Crippen LogP contribution in [0.3, 0.4) is 0 Å². The van der Waals surface area contributed by atoms with Crippen LogP contribution in [0.4, 0.5) is 4.79 Å². The first-order valence-electron chi connectivity index (χ1n) is 3.21. The molecule has 58 valence electrons. The van der Waals surface area contributed by atoms with Gasteiger partial charge in [-0.1, -0.05) is 0 Å². The first kappa shape index (κ1) is 8.26. The van der Waals surface area contributed by atoms with Gasteiger partial charge in [0.2, 0.25) is 0 Å². The van der Waals surface area contributed by atoms with Gasteiger partial charge in [-0.15, -0.1) is 0 Å². The van der Waals surface area contributed by atoms with Crippen molar-refractivity contribution >= 4 is 26.5 Å². The molecular weight excluding hydrogens is 245 g/mol. The quantitative estimate of drug-likeness (QED) is 0.401. The number of carbonyl (C=O) groups is 1. The van der Waals surface area contributed by atoms with Crippen LogP contribution in [0.15, 0.2) is 0 Å². The summed E-state index contributed by atoms with van der Waals surface area (Å²) in [5.74, 6) is 0. The van der Waals surface area contributed by atoms with Gasteiger partial charge in [-0.2, -0.15) is 0 Å². The minimum atomic E-state index is 0.122. The number of likely N-dealkylation sites (tertiary alicyclic amines) is 1. The van der Waals surface area contributed by atoms with Gasteiger partial charge in [0.15, 0.2) is 0 Å². The molecule has 0 radical (unpaired) electrons. The van der Waals surface area contributed by atoms with E-state index in [4.69, 9.17) is 4.74 Å². The second kappa shape index (κ2) is 3.52. The highest BCUT2D eigenvalue weighted by atomic mass is 127. The molecule has 1 aliphatic rings. The average molecular weight is 255 g/mol. The van der Waals surface area contributed by atoms with E-state index < -0.39 is 0 Å². The lowest BCUT2D eigenvalue weighted by Crippen LogP contribution is -2.24. The van der Waals surface area contributed by atoms with E-state index in [1.54, 1.807) is 34.6 Å². The zero-order chi connectivity index (χ0) is 7.56. The molecule has 1 heterocycles. The highest BCUT2D eigenvalue weighted by Gasteiger charge is 2.23. The Bertz CT molecular complexity index is 140. The van der Waals surface area contributed by atoms with Gasteiger partial charge in [-0.3, -0.25) is 4.79 Å². The molecule has 3 nitrogen and oxygen atoms in total. The fraction of sp³-hybridized carbons (Fsp3) is 0.833. The molecule has 1 aliphatic heterocycles. The Morgan fingerprint density at radius 2 is 2.50 bits per heavy atom. The zero-order valence-electron chi connectivity index (χ0n) is 5.84. The summed E-state index contributed by atoms with van der Waals surface area (Å²) in [6.45, 7) is 1.61. The standard InChI is InChI=1S/C6H10INO2/c1-10-5-2-3-8(4-5)6(7)9/h5H,2-4H2,1H3/t5-/m0/s1. The number of halogens is 1. The average Bonchev–Trinajstić information content (AvgIpc) is 2.34. The summed E-state index contributed by atoms with van der Waals surface area (Å²) in [6.07, 6.45) is 1.24. The van der Waals surface area contributed by atoms with Gasteiger partial charge in [-0.25, -0.2) is 0 Å². The number of hydrogen-bond donors (Lipinski definition) is 0. The topological polar surface area (TPSA) is 29.5 Å². The Morgan fingerprint density at radius 3 is 2.80 bits per heavy atom. The predicted molar refractivity (Wildman–Crippen MR) is 46.4 cm³/mol. The Labute approximate surface area is 73.9 Å². The van der Waals surface area contributed by atoms with Crippen LogP contribution in [0.1, 0.15) is 6.42 Å². The third-order valence-corrected chi connectivity index (χ3v) is 2.41. The van der Waals surface area contributed by atoms with Gasteiger partial charge in [0.1, 0.15) is 0 Å². The summed E-state index contributed by atoms with van der Waals surface area (Å²) >= 11 is 1.80. The molecule has 1 saturated heterocycles. The van der Waals surface area contributed by atoms with Crippen molar-refractivity contribution in [1.82, 2.24) is 4.90 Å². The minimum Gasteiger partial charge on any atom is -0.380 e. The molecule has 4 heteroatoms. The highest BCUT2D eigenvalue weighted by Crippen LogP contribution is 2.14. The number of methoxy groups -OCH3 is 1. The molecule has 0 aromatic rings. The number of nitrogens with zero attached hydrogens (tertiary/aromatic N) is 1. The second-order valence-electron chi connectivity index (χ2n) is 2.35. The number of amides is 1. The summed E-state index contributed by atoms with van der Waals surface area (Å²) in [7, 11) is 1.69. The van der Waals surface area contributed by atoms with Crippen molar-refractivity contribution in [2.24, 2.45) is 0 Å². The fourth-order valence-corrected chi connectivity index (χ4v) is 1.52. The van der Waals surface area contributed by atoms with E-state index in [0.717, 1.165) is 19.5 Å². The number of ether oxygens (including phenoxy) is 1. The molecule has 1 amide bonds. The van der Waals surface area contributed by atoms with E-state index in [-0.39, 0.29) is 10.0 Å². The van der Waals surface area contributed by atoms with Crippen molar-refractivity contribution in [3.63, 3.8) is 0 Å². The Kier molecular flexibility index (Phi) is 2.91. The molecule has 1 fully saturated rings. The van der Waals surface area contributed by atoms with Crippen LogP contribution in [0.2, 0.25) is 0 Å². The molecule has 0 aromatic carbocycles. The largest absolute Gasteiger partial charge is 0.380 e. The molecule has 10 heavy (non-hydrogen) atoms. The molecule has 1 atom stereocenters. The monoisotopic (exact) mass is 255 g/mol. The van der Waals surface area contributed by atoms with Gasteiger partial charge in [0.05, 0.1) is 6.10 Å². The van der Waals surface area contributed by atoms with Crippen molar-refractivity contribution < 1.29 is 9.53 Å². The summed E-state index contributed by atoms with van der Waals surface area (Å²) in [5, 5.41) is 0. The first-order chi connectivity index (χ1) is 4.74. The minimum absolute atomic E-state index is 0.122. The third kappa shape index (κ3) is 1.82. The number of hydrogen-bond acceptors (Lipinski definition) is 2. The van der Waals surface area contributed by atoms with E-state index in [9.17, 15) is 4.79 Å². The molecule has 0 N–H and O–H groups in total. The number of carbonyl (C=O) groups excluding carboxylic acids is 1. The lowest BCUT2D eigenvalue weighted by molar-refractivity contribution is 0.112. The maximum Gasteiger partial charge on any atom is 0.283 e. The van der Waals surface area contributed by atoms with Gasteiger partial charge in [0.25, 0.3) is 3.91 Å². The van der Waals surface area contributed by atoms with E-state index in [2.05, 4.69) is 0 Å². The van der Waals surface area contributed by atoms with Crippen LogP contribution in [0.5, 0.6) is 0 Å². The molecule has 0 unspecified atom stereocenters. The number of rotatable bonds is 1. The summed E-state index contributed by atoms with van der Waals surface area (Å²) in [4.78, 5) is 12.6. The Balaban J connectivity index is 2.35. The van der Waals surface area contributed by atoms with Crippen LogP contribution >= 0.6 is 22.6 Å². The van der Waals surface area contributed by atoms with Crippen LogP contribution in [-0.4, -0.2) is 35.1 Å². The lowest BCUT2D eigenvalue weighted by atomic mass is 10.3.